The zero-order valence-corrected chi connectivity index (χ0v) is 12.6. The number of aryl methyl sites for hydroxylation is 1. The third-order valence-corrected chi connectivity index (χ3v) is 4.61. The van der Waals surface area contributed by atoms with Gasteiger partial charge in [-0.3, -0.25) is 20.0 Å². The first kappa shape index (κ1) is 14.6. The van der Waals surface area contributed by atoms with Gasteiger partial charge in [0.1, 0.15) is 5.76 Å². The van der Waals surface area contributed by atoms with Crippen molar-refractivity contribution in [1.82, 2.24) is 15.2 Å². The number of carbonyl (C=O) groups is 1. The van der Waals surface area contributed by atoms with Crippen LogP contribution in [0.3, 0.4) is 0 Å². The number of nitrogens with two attached hydrogens (primary N) is 1. The molecule has 6 nitrogen and oxygen atoms in total. The number of hydrazine groups is 1. The van der Waals surface area contributed by atoms with E-state index >= 15 is 0 Å². The Morgan fingerprint density at radius 2 is 2.29 bits per heavy atom. The summed E-state index contributed by atoms with van der Waals surface area (Å²) in [6.07, 6.45) is 3.98. The Morgan fingerprint density at radius 3 is 3.10 bits per heavy atom. The summed E-state index contributed by atoms with van der Waals surface area (Å²) in [6.45, 7) is 7.19. The number of nitrogen functional groups attached to an aromatic ring is 1. The number of amides is 1. The summed E-state index contributed by atoms with van der Waals surface area (Å²) in [5, 5.41) is 0. The second kappa shape index (κ2) is 6.17. The standard InChI is InChI=1S/C15H24N4O2/c1-11-8-13(21-14(11)15(20)17-16)10-18-6-7-19-5-3-2-4-12(19)9-18/h8,12H,2-7,9-10,16H2,1H3,(H,17,20). The number of hydrogen-bond donors (Lipinski definition) is 2. The maximum atomic E-state index is 11.6. The Kier molecular flexibility index (Phi) is 4.28. The molecule has 3 rings (SSSR count). The van der Waals surface area contributed by atoms with Crippen LogP contribution in [-0.2, 0) is 6.54 Å². The molecule has 0 aromatic carbocycles. The highest BCUT2D eigenvalue weighted by molar-refractivity contribution is 5.92. The van der Waals surface area contributed by atoms with Crippen molar-refractivity contribution >= 4 is 5.91 Å². The van der Waals surface area contributed by atoms with E-state index in [0.717, 1.165) is 37.5 Å². The van der Waals surface area contributed by atoms with Gasteiger partial charge in [-0.15, -0.1) is 0 Å². The molecule has 1 atom stereocenters. The van der Waals surface area contributed by atoms with Crippen LogP contribution < -0.4 is 11.3 Å². The third-order valence-electron chi connectivity index (χ3n) is 4.61. The summed E-state index contributed by atoms with van der Waals surface area (Å²) in [5.74, 6) is 5.97. The predicted molar refractivity (Wildman–Crippen MR) is 79.6 cm³/mol. The Bertz CT molecular complexity index is 514. The van der Waals surface area contributed by atoms with Crippen LogP contribution >= 0.6 is 0 Å². The van der Waals surface area contributed by atoms with Gasteiger partial charge < -0.3 is 4.42 Å². The molecule has 3 N–H and O–H groups in total. The largest absolute Gasteiger partial charge is 0.454 e. The maximum Gasteiger partial charge on any atom is 0.301 e. The molecule has 0 spiro atoms. The molecular weight excluding hydrogens is 268 g/mol. The van der Waals surface area contributed by atoms with Gasteiger partial charge in [0.2, 0.25) is 0 Å². The van der Waals surface area contributed by atoms with E-state index in [1.165, 1.54) is 25.8 Å². The molecule has 1 unspecified atom stereocenters. The van der Waals surface area contributed by atoms with Gasteiger partial charge >= 0.3 is 5.91 Å². The van der Waals surface area contributed by atoms with Gasteiger partial charge in [0.05, 0.1) is 6.54 Å². The van der Waals surface area contributed by atoms with Gasteiger partial charge in [-0.2, -0.15) is 0 Å². The Balaban J connectivity index is 1.63. The van der Waals surface area contributed by atoms with Gasteiger partial charge in [0.15, 0.2) is 5.76 Å². The predicted octanol–water partition coefficient (Wildman–Crippen LogP) is 0.862. The van der Waals surface area contributed by atoms with E-state index in [0.29, 0.717) is 11.8 Å². The monoisotopic (exact) mass is 292 g/mol. The minimum absolute atomic E-state index is 0.323. The van der Waals surface area contributed by atoms with Crippen molar-refractivity contribution in [3.05, 3.63) is 23.2 Å². The molecule has 6 heteroatoms. The molecule has 2 fully saturated rings. The van der Waals surface area contributed by atoms with Crippen molar-refractivity contribution in [2.75, 3.05) is 26.2 Å². The van der Waals surface area contributed by atoms with Crippen LogP contribution in [0.1, 0.15) is 41.1 Å². The lowest BCUT2D eigenvalue weighted by atomic mass is 9.99. The molecule has 2 aliphatic rings. The number of fused-ring (bicyclic) bond motifs is 1. The minimum atomic E-state index is -0.365. The quantitative estimate of drug-likeness (QED) is 0.491. The van der Waals surface area contributed by atoms with Crippen LogP contribution in [-0.4, -0.2) is 47.9 Å². The average Bonchev–Trinajstić information content (AvgIpc) is 2.87. The molecule has 116 valence electrons. The van der Waals surface area contributed by atoms with E-state index in [1.807, 2.05) is 13.0 Å². The van der Waals surface area contributed by atoms with E-state index < -0.39 is 0 Å². The third kappa shape index (κ3) is 3.12. The van der Waals surface area contributed by atoms with E-state index in [2.05, 4.69) is 15.2 Å². The van der Waals surface area contributed by atoms with Crippen molar-refractivity contribution < 1.29 is 9.21 Å². The zero-order valence-electron chi connectivity index (χ0n) is 12.6. The highest BCUT2D eigenvalue weighted by Gasteiger charge is 2.29. The topological polar surface area (TPSA) is 74.7 Å². The number of piperidine rings is 1. The molecule has 0 aliphatic carbocycles. The molecule has 3 heterocycles. The van der Waals surface area contributed by atoms with Gasteiger partial charge in [-0.1, -0.05) is 6.42 Å². The molecule has 0 bridgehead atoms. The lowest BCUT2D eigenvalue weighted by Gasteiger charge is -2.43. The normalized spacial score (nSPS) is 23.8. The summed E-state index contributed by atoms with van der Waals surface area (Å²) in [7, 11) is 0. The first-order valence-electron chi connectivity index (χ1n) is 7.74. The van der Waals surface area contributed by atoms with Crippen LogP contribution in [0.4, 0.5) is 0 Å². The van der Waals surface area contributed by atoms with Crippen LogP contribution in [0.2, 0.25) is 0 Å². The molecule has 2 saturated heterocycles. The number of rotatable bonds is 3. The smallest absolute Gasteiger partial charge is 0.301 e. The van der Waals surface area contributed by atoms with Crippen LogP contribution in [0.15, 0.2) is 10.5 Å². The number of nitrogens with one attached hydrogen (secondary N) is 1. The van der Waals surface area contributed by atoms with Gasteiger partial charge in [-0.05, 0) is 32.4 Å². The summed E-state index contributed by atoms with van der Waals surface area (Å²) in [6, 6.07) is 2.63. The maximum absolute atomic E-state index is 11.6. The summed E-state index contributed by atoms with van der Waals surface area (Å²) in [5.41, 5.74) is 2.96. The molecule has 21 heavy (non-hydrogen) atoms. The summed E-state index contributed by atoms with van der Waals surface area (Å²) < 4.78 is 5.66. The SMILES string of the molecule is Cc1cc(CN2CCN3CCCCC3C2)oc1C(=O)NN. The zero-order chi connectivity index (χ0) is 14.8. The fourth-order valence-electron chi connectivity index (χ4n) is 3.50. The Labute approximate surface area is 125 Å². The first-order chi connectivity index (χ1) is 10.2. The lowest BCUT2D eigenvalue weighted by Crippen LogP contribution is -2.54. The van der Waals surface area contributed by atoms with Crippen LogP contribution in [0.5, 0.6) is 0 Å². The van der Waals surface area contributed by atoms with Crippen LogP contribution in [0, 0.1) is 6.92 Å². The minimum Gasteiger partial charge on any atom is -0.454 e. The van der Waals surface area contributed by atoms with E-state index in [1.54, 1.807) is 0 Å². The molecular formula is C15H24N4O2. The second-order valence-electron chi connectivity index (χ2n) is 6.12. The van der Waals surface area contributed by atoms with E-state index in [9.17, 15) is 4.79 Å². The van der Waals surface area contributed by atoms with Gasteiger partial charge in [0.25, 0.3) is 0 Å². The first-order valence-corrected chi connectivity index (χ1v) is 7.74. The second-order valence-corrected chi connectivity index (χ2v) is 6.12. The number of furan rings is 1. The molecule has 1 aromatic heterocycles. The molecule has 1 aromatic rings. The fraction of sp³-hybridized carbons (Fsp3) is 0.667. The molecule has 1 amide bonds. The number of carbonyl (C=O) groups excluding carboxylic acids is 1. The summed E-state index contributed by atoms with van der Waals surface area (Å²) in [4.78, 5) is 16.6. The van der Waals surface area contributed by atoms with Crippen LogP contribution in [0.25, 0.3) is 0 Å². The number of piperazine rings is 1. The van der Waals surface area contributed by atoms with E-state index in [-0.39, 0.29) is 5.91 Å². The Hall–Kier alpha value is -1.37. The van der Waals surface area contributed by atoms with Gasteiger partial charge in [0, 0.05) is 31.2 Å². The van der Waals surface area contributed by atoms with Crippen molar-refractivity contribution in [1.29, 1.82) is 0 Å². The molecule has 0 saturated carbocycles. The lowest BCUT2D eigenvalue weighted by molar-refractivity contribution is 0.0424. The van der Waals surface area contributed by atoms with Crippen molar-refractivity contribution in [2.24, 2.45) is 5.84 Å². The number of nitrogens with zero attached hydrogens (tertiary/aromatic N) is 2. The van der Waals surface area contributed by atoms with Gasteiger partial charge in [-0.25, -0.2) is 5.84 Å². The van der Waals surface area contributed by atoms with Crippen molar-refractivity contribution in [3.63, 3.8) is 0 Å². The summed E-state index contributed by atoms with van der Waals surface area (Å²) >= 11 is 0. The Morgan fingerprint density at radius 1 is 1.43 bits per heavy atom. The highest BCUT2D eigenvalue weighted by Crippen LogP contribution is 2.23. The van der Waals surface area contributed by atoms with Crippen molar-refractivity contribution in [3.8, 4) is 0 Å². The number of hydrogen-bond acceptors (Lipinski definition) is 5. The highest BCUT2D eigenvalue weighted by atomic mass is 16.4. The molecule has 0 radical (unpaired) electrons. The van der Waals surface area contributed by atoms with Crippen molar-refractivity contribution in [2.45, 2.75) is 38.8 Å². The fourth-order valence-corrected chi connectivity index (χ4v) is 3.50. The average molecular weight is 292 g/mol. The molecule has 2 aliphatic heterocycles. The van der Waals surface area contributed by atoms with E-state index in [4.69, 9.17) is 10.3 Å².